The number of amides is 1. The van der Waals surface area contributed by atoms with E-state index in [1.54, 1.807) is 26.2 Å². The molecule has 4 aromatic rings. The molecule has 0 spiro atoms. The molecule has 0 radical (unpaired) electrons. The van der Waals surface area contributed by atoms with Crippen LogP contribution in [0.3, 0.4) is 0 Å². The third-order valence-electron chi connectivity index (χ3n) is 4.39. The quantitative estimate of drug-likeness (QED) is 0.543. The number of fused-ring (bicyclic) bond motifs is 3. The minimum absolute atomic E-state index is 0.253. The van der Waals surface area contributed by atoms with Crippen LogP contribution in [0.4, 0.5) is 5.69 Å². The second-order valence-corrected chi connectivity index (χ2v) is 6.21. The molecule has 0 aliphatic carbocycles. The third-order valence-corrected chi connectivity index (χ3v) is 4.39. The second kappa shape index (κ2) is 7.03. The number of hydrogen-bond donors (Lipinski definition) is 1. The maximum Gasteiger partial charge on any atom is 0.265 e. The van der Waals surface area contributed by atoms with Crippen LogP contribution in [0.15, 0.2) is 71.1 Å². The van der Waals surface area contributed by atoms with Crippen molar-refractivity contribution in [3.8, 4) is 11.5 Å². The topological polar surface area (TPSA) is 60.7 Å². The van der Waals surface area contributed by atoms with Gasteiger partial charge in [0.15, 0.2) is 17.6 Å². The lowest BCUT2D eigenvalue weighted by Gasteiger charge is -2.16. The van der Waals surface area contributed by atoms with Gasteiger partial charge >= 0.3 is 0 Å². The van der Waals surface area contributed by atoms with E-state index in [9.17, 15) is 4.79 Å². The van der Waals surface area contributed by atoms with Crippen LogP contribution in [-0.2, 0) is 4.79 Å². The molecule has 0 aliphatic rings. The van der Waals surface area contributed by atoms with E-state index in [1.165, 1.54) is 0 Å². The summed E-state index contributed by atoms with van der Waals surface area (Å²) in [7, 11) is 1.56. The largest absolute Gasteiger partial charge is 0.493 e. The van der Waals surface area contributed by atoms with E-state index in [0.717, 1.165) is 21.9 Å². The summed E-state index contributed by atoms with van der Waals surface area (Å²) in [5.41, 5.74) is 2.21. The van der Waals surface area contributed by atoms with Gasteiger partial charge in [-0.1, -0.05) is 30.3 Å². The monoisotopic (exact) mass is 361 g/mol. The molecule has 0 fully saturated rings. The van der Waals surface area contributed by atoms with Crippen LogP contribution in [-0.4, -0.2) is 19.1 Å². The number of nitrogens with one attached hydrogen (secondary N) is 1. The molecule has 4 rings (SSSR count). The van der Waals surface area contributed by atoms with Crippen molar-refractivity contribution in [2.75, 3.05) is 12.4 Å². The minimum atomic E-state index is -0.687. The lowest BCUT2D eigenvalue weighted by molar-refractivity contribution is -0.122. The molecule has 0 aliphatic heterocycles. The highest BCUT2D eigenvalue weighted by Crippen LogP contribution is 2.31. The molecule has 1 heterocycles. The number of ether oxygens (including phenoxy) is 2. The fraction of sp³-hybridized carbons (Fsp3) is 0.136. The molecule has 27 heavy (non-hydrogen) atoms. The number of carbonyl (C=O) groups is 1. The highest BCUT2D eigenvalue weighted by Gasteiger charge is 2.17. The Labute approximate surface area is 156 Å². The number of furan rings is 1. The van der Waals surface area contributed by atoms with E-state index >= 15 is 0 Å². The van der Waals surface area contributed by atoms with Crippen LogP contribution < -0.4 is 14.8 Å². The van der Waals surface area contributed by atoms with E-state index in [4.69, 9.17) is 13.9 Å². The molecule has 136 valence electrons. The standard InChI is InChI=1S/C22H19NO4/c1-14(26-20-10-6-5-9-19(20)25-2)22(24)23-15-11-12-17-16-7-3-4-8-18(16)27-21(17)13-15/h3-14H,1-2H3,(H,23,24). The fourth-order valence-corrected chi connectivity index (χ4v) is 3.01. The van der Waals surface area contributed by atoms with Gasteiger partial charge in [0.25, 0.3) is 5.91 Å². The fourth-order valence-electron chi connectivity index (χ4n) is 3.01. The van der Waals surface area contributed by atoms with Crippen LogP contribution in [0.25, 0.3) is 21.9 Å². The number of para-hydroxylation sites is 3. The van der Waals surface area contributed by atoms with E-state index in [1.807, 2.05) is 54.6 Å². The summed E-state index contributed by atoms with van der Waals surface area (Å²) in [5, 5.41) is 4.94. The zero-order valence-corrected chi connectivity index (χ0v) is 15.1. The lowest BCUT2D eigenvalue weighted by atomic mass is 10.1. The van der Waals surface area contributed by atoms with Gasteiger partial charge < -0.3 is 19.2 Å². The zero-order chi connectivity index (χ0) is 18.8. The predicted octanol–water partition coefficient (Wildman–Crippen LogP) is 5.00. The first-order chi connectivity index (χ1) is 13.2. The van der Waals surface area contributed by atoms with Crippen LogP contribution in [0, 0.1) is 0 Å². The van der Waals surface area contributed by atoms with Gasteiger partial charge in [0.2, 0.25) is 0 Å². The Hall–Kier alpha value is -3.47. The molecule has 3 aromatic carbocycles. The molecule has 1 N–H and O–H groups in total. The van der Waals surface area contributed by atoms with Gasteiger partial charge in [-0.15, -0.1) is 0 Å². The SMILES string of the molecule is COc1ccccc1OC(C)C(=O)Nc1ccc2c(c1)oc1ccccc12. The third kappa shape index (κ3) is 3.31. The number of carbonyl (C=O) groups excluding carboxylic acids is 1. The van der Waals surface area contributed by atoms with Gasteiger partial charge in [-0.3, -0.25) is 4.79 Å². The van der Waals surface area contributed by atoms with Gasteiger partial charge in [-0.2, -0.15) is 0 Å². The van der Waals surface area contributed by atoms with Crippen LogP contribution >= 0.6 is 0 Å². The molecule has 0 bridgehead atoms. The molecule has 5 nitrogen and oxygen atoms in total. The van der Waals surface area contributed by atoms with Crippen molar-refractivity contribution in [2.45, 2.75) is 13.0 Å². The van der Waals surface area contributed by atoms with E-state index in [0.29, 0.717) is 17.2 Å². The first-order valence-corrected chi connectivity index (χ1v) is 8.67. The van der Waals surface area contributed by atoms with Crippen LogP contribution in [0.1, 0.15) is 6.92 Å². The van der Waals surface area contributed by atoms with Crippen LogP contribution in [0.2, 0.25) is 0 Å². The Morgan fingerprint density at radius 3 is 2.44 bits per heavy atom. The van der Waals surface area contributed by atoms with Gasteiger partial charge in [-0.05, 0) is 37.3 Å². The van der Waals surface area contributed by atoms with Crippen molar-refractivity contribution in [3.05, 3.63) is 66.7 Å². The Morgan fingerprint density at radius 1 is 0.926 bits per heavy atom. The summed E-state index contributed by atoms with van der Waals surface area (Å²) >= 11 is 0. The molecule has 1 atom stereocenters. The summed E-state index contributed by atoms with van der Waals surface area (Å²) < 4.78 is 16.9. The summed E-state index contributed by atoms with van der Waals surface area (Å²) in [6.07, 6.45) is -0.687. The number of benzene rings is 3. The van der Waals surface area contributed by atoms with Crippen molar-refractivity contribution >= 4 is 33.5 Å². The molecule has 0 saturated carbocycles. The van der Waals surface area contributed by atoms with E-state index in [2.05, 4.69) is 5.32 Å². The summed E-state index contributed by atoms with van der Waals surface area (Å²) in [6, 6.07) is 20.7. The van der Waals surface area contributed by atoms with Crippen molar-refractivity contribution in [1.29, 1.82) is 0 Å². The second-order valence-electron chi connectivity index (χ2n) is 6.21. The van der Waals surface area contributed by atoms with Gasteiger partial charge in [0.05, 0.1) is 7.11 Å². The Morgan fingerprint density at radius 2 is 1.63 bits per heavy atom. The van der Waals surface area contributed by atoms with Crippen molar-refractivity contribution < 1.29 is 18.7 Å². The predicted molar refractivity (Wildman–Crippen MR) is 105 cm³/mol. The van der Waals surface area contributed by atoms with Gasteiger partial charge in [-0.25, -0.2) is 0 Å². The molecule has 1 amide bonds. The maximum atomic E-state index is 12.5. The molecule has 1 unspecified atom stereocenters. The van der Waals surface area contributed by atoms with Crippen LogP contribution in [0.5, 0.6) is 11.5 Å². The first kappa shape index (κ1) is 17.0. The Bertz CT molecular complexity index is 1120. The number of anilines is 1. The number of methoxy groups -OCH3 is 1. The smallest absolute Gasteiger partial charge is 0.265 e. The van der Waals surface area contributed by atoms with Crippen molar-refractivity contribution in [1.82, 2.24) is 0 Å². The minimum Gasteiger partial charge on any atom is -0.493 e. The summed E-state index contributed by atoms with van der Waals surface area (Å²) in [4.78, 5) is 12.5. The van der Waals surface area contributed by atoms with E-state index in [-0.39, 0.29) is 5.91 Å². The van der Waals surface area contributed by atoms with Gasteiger partial charge in [0, 0.05) is 22.5 Å². The zero-order valence-electron chi connectivity index (χ0n) is 15.1. The lowest BCUT2D eigenvalue weighted by Crippen LogP contribution is -2.30. The number of hydrogen-bond acceptors (Lipinski definition) is 4. The summed E-state index contributed by atoms with van der Waals surface area (Å²) in [5.74, 6) is 0.854. The highest BCUT2D eigenvalue weighted by atomic mass is 16.5. The Balaban J connectivity index is 1.52. The first-order valence-electron chi connectivity index (χ1n) is 8.67. The van der Waals surface area contributed by atoms with Crippen molar-refractivity contribution in [2.24, 2.45) is 0 Å². The molecule has 0 saturated heterocycles. The highest BCUT2D eigenvalue weighted by molar-refractivity contribution is 6.06. The average Bonchev–Trinajstić information content (AvgIpc) is 3.06. The summed E-state index contributed by atoms with van der Waals surface area (Å²) in [6.45, 7) is 1.70. The molecule has 1 aromatic heterocycles. The molecular formula is C22H19NO4. The molecular weight excluding hydrogens is 342 g/mol. The number of rotatable bonds is 5. The Kier molecular flexibility index (Phi) is 4.42. The maximum absolute atomic E-state index is 12.5. The molecule has 5 heteroatoms. The van der Waals surface area contributed by atoms with Crippen molar-refractivity contribution in [3.63, 3.8) is 0 Å². The van der Waals surface area contributed by atoms with E-state index < -0.39 is 6.10 Å². The van der Waals surface area contributed by atoms with Gasteiger partial charge in [0.1, 0.15) is 11.2 Å². The normalized spacial score (nSPS) is 12.1. The average molecular weight is 361 g/mol.